The second-order valence-corrected chi connectivity index (χ2v) is 6.77. The van der Waals surface area contributed by atoms with Crippen LogP contribution < -0.4 is 0 Å². The first kappa shape index (κ1) is 18.9. The molecular formula is C13H7Cl2F4N3OS. The van der Waals surface area contributed by atoms with E-state index in [0.29, 0.717) is 0 Å². The van der Waals surface area contributed by atoms with Crippen molar-refractivity contribution in [3.63, 3.8) is 0 Å². The standard InChI is InChI=1S/C13H7Cl2F4N3OS/c1-6-12(24(23)13(17,18)19)10(5-20)21-22(6)11-8(14)2-7(4-16)3-9(11)15/h2-3H,4H2,1H3. The molecule has 1 aromatic heterocycles. The molecule has 0 bridgehead atoms. The fourth-order valence-corrected chi connectivity index (χ4v) is 3.55. The third kappa shape index (κ3) is 3.32. The second-order valence-electron chi connectivity index (χ2n) is 4.54. The van der Waals surface area contributed by atoms with Crippen LogP contribution in [0.4, 0.5) is 17.6 Å². The molecule has 24 heavy (non-hydrogen) atoms. The van der Waals surface area contributed by atoms with E-state index in [-0.39, 0.29) is 27.0 Å². The Morgan fingerprint density at radius 3 is 2.29 bits per heavy atom. The number of hydrogen-bond acceptors (Lipinski definition) is 3. The average molecular weight is 400 g/mol. The maximum absolute atomic E-state index is 12.8. The Bertz CT molecular complexity index is 809. The lowest BCUT2D eigenvalue weighted by molar-refractivity contribution is -0.0435. The normalized spacial score (nSPS) is 13.0. The summed E-state index contributed by atoms with van der Waals surface area (Å²) in [4.78, 5) is -0.772. The number of nitriles is 1. The molecule has 0 aliphatic carbocycles. The number of halogens is 6. The Morgan fingerprint density at radius 2 is 1.88 bits per heavy atom. The zero-order valence-electron chi connectivity index (χ0n) is 11.8. The highest BCUT2D eigenvalue weighted by Gasteiger charge is 2.49. The van der Waals surface area contributed by atoms with Gasteiger partial charge in [-0.3, -0.25) is 0 Å². The van der Waals surface area contributed by atoms with E-state index in [4.69, 9.17) is 28.5 Å². The van der Waals surface area contributed by atoms with Crippen LogP contribution in [0.15, 0.2) is 17.0 Å². The molecule has 0 radical (unpaired) electrons. The van der Waals surface area contributed by atoms with Gasteiger partial charge in [0.15, 0.2) is 0 Å². The Balaban J connectivity index is 2.71. The molecule has 0 fully saturated rings. The minimum Gasteiger partial charge on any atom is -0.604 e. The Hall–Kier alpha value is -1.47. The summed E-state index contributed by atoms with van der Waals surface area (Å²) in [6.07, 6.45) is 0. The van der Waals surface area contributed by atoms with Crippen molar-refractivity contribution < 1.29 is 22.1 Å². The monoisotopic (exact) mass is 399 g/mol. The largest absolute Gasteiger partial charge is 0.604 e. The minimum atomic E-state index is -5.06. The van der Waals surface area contributed by atoms with E-state index >= 15 is 0 Å². The van der Waals surface area contributed by atoms with Crippen molar-refractivity contribution >= 4 is 34.4 Å². The van der Waals surface area contributed by atoms with E-state index in [1.165, 1.54) is 25.1 Å². The van der Waals surface area contributed by atoms with Crippen LogP contribution in [0.5, 0.6) is 0 Å². The number of hydrogen-bond donors (Lipinski definition) is 0. The smallest absolute Gasteiger partial charge is 0.578 e. The molecule has 0 amide bonds. The van der Waals surface area contributed by atoms with Gasteiger partial charge in [-0.2, -0.15) is 10.4 Å². The van der Waals surface area contributed by atoms with Crippen molar-refractivity contribution in [2.75, 3.05) is 0 Å². The van der Waals surface area contributed by atoms with Gasteiger partial charge < -0.3 is 4.55 Å². The fourth-order valence-electron chi connectivity index (χ4n) is 2.01. The first-order valence-corrected chi connectivity index (χ1v) is 8.05. The number of aromatic nitrogens is 2. The van der Waals surface area contributed by atoms with Gasteiger partial charge in [0.25, 0.3) is 0 Å². The number of rotatable bonds is 3. The van der Waals surface area contributed by atoms with Gasteiger partial charge in [0.2, 0.25) is 10.6 Å². The highest BCUT2D eigenvalue weighted by atomic mass is 35.5. The number of alkyl halides is 4. The zero-order chi connectivity index (χ0) is 18.2. The van der Waals surface area contributed by atoms with Crippen LogP contribution in [0.1, 0.15) is 17.0 Å². The summed E-state index contributed by atoms with van der Waals surface area (Å²) in [6, 6.07) is 3.93. The topological polar surface area (TPSA) is 64.7 Å². The van der Waals surface area contributed by atoms with E-state index in [1.807, 2.05) is 0 Å². The quantitative estimate of drug-likeness (QED) is 0.565. The molecule has 2 rings (SSSR count). The van der Waals surface area contributed by atoms with Gasteiger partial charge in [-0.05, 0) is 24.6 Å². The van der Waals surface area contributed by atoms with Gasteiger partial charge >= 0.3 is 5.51 Å². The van der Waals surface area contributed by atoms with Crippen molar-refractivity contribution in [3.05, 3.63) is 39.1 Å². The van der Waals surface area contributed by atoms with Crippen LogP contribution >= 0.6 is 23.2 Å². The summed E-state index contributed by atoms with van der Waals surface area (Å²) in [5.41, 5.74) is -5.80. The van der Waals surface area contributed by atoms with E-state index in [2.05, 4.69) is 5.10 Å². The summed E-state index contributed by atoms with van der Waals surface area (Å²) < 4.78 is 63.5. The molecule has 1 heterocycles. The van der Waals surface area contributed by atoms with Crippen molar-refractivity contribution in [2.24, 2.45) is 0 Å². The van der Waals surface area contributed by atoms with Crippen LogP contribution in [0.3, 0.4) is 0 Å². The lowest BCUT2D eigenvalue weighted by Crippen LogP contribution is -2.24. The predicted octanol–water partition coefficient (Wildman–Crippen LogP) is 4.46. The zero-order valence-corrected chi connectivity index (χ0v) is 14.1. The highest BCUT2D eigenvalue weighted by molar-refractivity contribution is 7.92. The third-order valence-corrected chi connectivity index (χ3v) is 4.86. The lowest BCUT2D eigenvalue weighted by Gasteiger charge is -2.13. The first-order chi connectivity index (χ1) is 11.1. The molecule has 0 aliphatic rings. The molecule has 1 aromatic carbocycles. The Labute approximate surface area is 146 Å². The van der Waals surface area contributed by atoms with Crippen molar-refractivity contribution in [3.8, 4) is 11.8 Å². The maximum Gasteiger partial charge on any atom is 0.578 e. The van der Waals surface area contributed by atoms with Crippen molar-refractivity contribution in [1.29, 1.82) is 5.26 Å². The molecule has 11 heteroatoms. The first-order valence-electron chi connectivity index (χ1n) is 6.14. The molecule has 0 saturated carbocycles. The third-order valence-electron chi connectivity index (χ3n) is 3.01. The van der Waals surface area contributed by atoms with Crippen LogP contribution in [-0.4, -0.2) is 19.8 Å². The molecule has 0 N–H and O–H groups in total. The summed E-state index contributed by atoms with van der Waals surface area (Å²) in [7, 11) is 0. The molecule has 1 atom stereocenters. The lowest BCUT2D eigenvalue weighted by atomic mass is 10.2. The van der Waals surface area contributed by atoms with Crippen molar-refractivity contribution in [1.82, 2.24) is 9.78 Å². The number of benzene rings is 1. The SMILES string of the molecule is Cc1c([S+]([O-])C(F)(F)F)c(C#N)nn1-c1c(Cl)cc(CF)cc1Cl. The number of nitrogens with zero attached hydrogens (tertiary/aromatic N) is 3. The second kappa shape index (κ2) is 6.80. The average Bonchev–Trinajstić information content (AvgIpc) is 2.81. The molecule has 128 valence electrons. The summed E-state index contributed by atoms with van der Waals surface area (Å²) in [5.74, 6) is 0. The van der Waals surface area contributed by atoms with Crippen LogP contribution in [0, 0.1) is 18.3 Å². The molecule has 4 nitrogen and oxygen atoms in total. The summed E-state index contributed by atoms with van der Waals surface area (Å²) in [5, 5.41) is 12.6. The van der Waals surface area contributed by atoms with E-state index < -0.39 is 33.9 Å². The van der Waals surface area contributed by atoms with Gasteiger partial charge in [0.1, 0.15) is 29.6 Å². The minimum absolute atomic E-state index is 0.0324. The molecule has 0 spiro atoms. The molecule has 2 aromatic rings. The Morgan fingerprint density at radius 1 is 1.33 bits per heavy atom. The predicted molar refractivity (Wildman–Crippen MR) is 80.3 cm³/mol. The molecule has 0 aliphatic heterocycles. The van der Waals surface area contributed by atoms with Crippen LogP contribution in [0.25, 0.3) is 5.69 Å². The molecule has 1 unspecified atom stereocenters. The van der Waals surface area contributed by atoms with Crippen molar-refractivity contribution in [2.45, 2.75) is 24.0 Å². The van der Waals surface area contributed by atoms with Gasteiger partial charge in [0.05, 0.1) is 15.7 Å². The van der Waals surface area contributed by atoms with Crippen LogP contribution in [0.2, 0.25) is 10.0 Å². The van der Waals surface area contributed by atoms with Gasteiger partial charge in [-0.15, -0.1) is 13.2 Å². The van der Waals surface area contributed by atoms with E-state index in [1.54, 1.807) is 0 Å². The molecular weight excluding hydrogens is 393 g/mol. The fraction of sp³-hybridized carbons (Fsp3) is 0.231. The van der Waals surface area contributed by atoms with Gasteiger partial charge in [-0.25, -0.2) is 9.07 Å². The maximum atomic E-state index is 12.8. The van der Waals surface area contributed by atoms with E-state index in [9.17, 15) is 22.1 Å². The van der Waals surface area contributed by atoms with Gasteiger partial charge in [-0.1, -0.05) is 23.2 Å². The summed E-state index contributed by atoms with van der Waals surface area (Å²) >= 11 is 8.55. The highest BCUT2D eigenvalue weighted by Crippen LogP contribution is 2.37. The van der Waals surface area contributed by atoms with Crippen LogP contribution in [-0.2, 0) is 17.9 Å². The van der Waals surface area contributed by atoms with Gasteiger partial charge in [0, 0.05) is 0 Å². The Kier molecular flexibility index (Phi) is 5.34. The summed E-state index contributed by atoms with van der Waals surface area (Å²) in [6.45, 7) is 0.354. The van der Waals surface area contributed by atoms with E-state index in [0.717, 1.165) is 4.68 Å². The molecule has 0 saturated heterocycles.